The Morgan fingerprint density at radius 3 is 2.57 bits per heavy atom. The first-order chi connectivity index (χ1) is 9.54. The molecule has 0 spiro atoms. The lowest BCUT2D eigenvalue weighted by molar-refractivity contribution is 0.0770. The van der Waals surface area contributed by atoms with E-state index < -0.39 is 0 Å². The Labute approximate surface area is 143 Å². The largest absolute Gasteiger partial charge is 0.492 e. The van der Waals surface area contributed by atoms with E-state index in [1.165, 1.54) is 0 Å². The fraction of sp³-hybridized carbons (Fsp3) is 0.600. The average Bonchev–Trinajstić information content (AvgIpc) is 2.37. The van der Waals surface area contributed by atoms with Crippen LogP contribution in [0.5, 0.6) is 5.75 Å². The molecule has 0 fully saturated rings. The van der Waals surface area contributed by atoms with Crippen molar-refractivity contribution >= 4 is 35.6 Å². The first-order valence-electron chi connectivity index (χ1n) is 6.97. The number of hydrogen-bond acceptors (Lipinski definition) is 3. The fourth-order valence-electron chi connectivity index (χ4n) is 1.79. The zero-order chi connectivity index (χ0) is 15.0. The second-order valence-corrected chi connectivity index (χ2v) is 5.60. The minimum Gasteiger partial charge on any atom is -0.492 e. The van der Waals surface area contributed by atoms with Gasteiger partial charge in [-0.25, -0.2) is 0 Å². The Kier molecular flexibility index (Phi) is 11.3. The van der Waals surface area contributed by atoms with Crippen LogP contribution in [0.25, 0.3) is 0 Å². The summed E-state index contributed by atoms with van der Waals surface area (Å²) in [6, 6.07) is 3.59. The van der Waals surface area contributed by atoms with Gasteiger partial charge in [0, 0.05) is 23.7 Å². The third-order valence-electron chi connectivity index (χ3n) is 2.64. The highest BCUT2D eigenvalue weighted by atomic mass is 35.5. The normalized spacial score (nSPS) is 10.6. The van der Waals surface area contributed by atoms with E-state index in [2.05, 4.69) is 5.32 Å². The fourth-order valence-corrected chi connectivity index (χ4v) is 2.38. The quantitative estimate of drug-likeness (QED) is 0.649. The maximum absolute atomic E-state index is 6.15. The lowest BCUT2D eigenvalue weighted by Crippen LogP contribution is -2.18. The van der Waals surface area contributed by atoms with E-state index >= 15 is 0 Å². The highest BCUT2D eigenvalue weighted by Gasteiger charge is 2.10. The molecule has 0 aliphatic rings. The number of halogens is 3. The maximum Gasteiger partial charge on any atom is 0.142 e. The molecule has 6 heteroatoms. The Morgan fingerprint density at radius 2 is 1.95 bits per heavy atom. The summed E-state index contributed by atoms with van der Waals surface area (Å²) in [4.78, 5) is 0. The molecule has 122 valence electrons. The van der Waals surface area contributed by atoms with Crippen molar-refractivity contribution in [1.29, 1.82) is 0 Å². The molecule has 0 aliphatic heterocycles. The van der Waals surface area contributed by atoms with Gasteiger partial charge in [-0.3, -0.25) is 0 Å². The van der Waals surface area contributed by atoms with Crippen molar-refractivity contribution in [2.75, 3.05) is 19.8 Å². The average molecular weight is 357 g/mol. The first kappa shape index (κ1) is 20.8. The van der Waals surface area contributed by atoms with Crippen LogP contribution in [0.1, 0.15) is 32.8 Å². The summed E-state index contributed by atoms with van der Waals surface area (Å²) in [7, 11) is 0. The number of rotatable bonds is 9. The van der Waals surface area contributed by atoms with Crippen LogP contribution in [0.2, 0.25) is 10.0 Å². The standard InChI is InChI=1S/C15H23Cl2NO2.ClH/c1-4-19-15-12(8-13(16)9-14(15)17)10-18-6-5-7-20-11(2)3;/h8-9,11,18H,4-7,10H2,1-3H3;1H. The Bertz CT molecular complexity index is 414. The molecule has 0 heterocycles. The van der Waals surface area contributed by atoms with Gasteiger partial charge < -0.3 is 14.8 Å². The van der Waals surface area contributed by atoms with E-state index in [9.17, 15) is 0 Å². The number of ether oxygens (including phenoxy) is 2. The summed E-state index contributed by atoms with van der Waals surface area (Å²) in [5, 5.41) is 4.53. The summed E-state index contributed by atoms with van der Waals surface area (Å²) in [6.07, 6.45) is 1.25. The Balaban J connectivity index is 0.00000400. The van der Waals surface area contributed by atoms with Crippen molar-refractivity contribution in [2.24, 2.45) is 0 Å². The van der Waals surface area contributed by atoms with Gasteiger partial charge in [-0.15, -0.1) is 12.4 Å². The van der Waals surface area contributed by atoms with E-state index in [0.717, 1.165) is 25.1 Å². The SMILES string of the molecule is CCOc1c(Cl)cc(Cl)cc1CNCCCOC(C)C.Cl. The predicted molar refractivity (Wildman–Crippen MR) is 92.3 cm³/mol. The highest BCUT2D eigenvalue weighted by Crippen LogP contribution is 2.32. The summed E-state index contributed by atoms with van der Waals surface area (Å²) in [6.45, 7) is 8.91. The molecule has 0 bridgehead atoms. The van der Waals surface area contributed by atoms with E-state index in [-0.39, 0.29) is 18.5 Å². The van der Waals surface area contributed by atoms with Gasteiger partial charge in [-0.1, -0.05) is 23.2 Å². The minimum atomic E-state index is 0. The smallest absolute Gasteiger partial charge is 0.142 e. The number of benzene rings is 1. The monoisotopic (exact) mass is 355 g/mol. The zero-order valence-electron chi connectivity index (χ0n) is 12.7. The third-order valence-corrected chi connectivity index (χ3v) is 3.14. The van der Waals surface area contributed by atoms with E-state index in [4.69, 9.17) is 32.7 Å². The molecule has 0 amide bonds. The van der Waals surface area contributed by atoms with Crippen molar-refractivity contribution in [3.05, 3.63) is 27.7 Å². The molecule has 1 N–H and O–H groups in total. The van der Waals surface area contributed by atoms with Crippen LogP contribution in [0.4, 0.5) is 0 Å². The third kappa shape index (κ3) is 8.12. The van der Waals surface area contributed by atoms with Crippen LogP contribution in [0, 0.1) is 0 Å². The van der Waals surface area contributed by atoms with Crippen LogP contribution < -0.4 is 10.1 Å². The van der Waals surface area contributed by atoms with Gasteiger partial charge in [0.2, 0.25) is 0 Å². The molecule has 21 heavy (non-hydrogen) atoms. The van der Waals surface area contributed by atoms with E-state index in [1.54, 1.807) is 6.07 Å². The highest BCUT2D eigenvalue weighted by molar-refractivity contribution is 6.35. The molecule has 1 aromatic carbocycles. The van der Waals surface area contributed by atoms with Crippen LogP contribution in [-0.4, -0.2) is 25.9 Å². The second-order valence-electron chi connectivity index (χ2n) is 4.76. The summed E-state index contributed by atoms with van der Waals surface area (Å²) >= 11 is 12.2. The maximum atomic E-state index is 6.15. The van der Waals surface area contributed by atoms with E-state index in [0.29, 0.717) is 28.9 Å². The minimum absolute atomic E-state index is 0. The van der Waals surface area contributed by atoms with Gasteiger partial charge in [-0.05, 0) is 45.9 Å². The molecule has 0 aromatic heterocycles. The molecule has 0 radical (unpaired) electrons. The molecule has 1 aromatic rings. The molecule has 1 rings (SSSR count). The molecule has 0 saturated carbocycles. The summed E-state index contributed by atoms with van der Waals surface area (Å²) < 4.78 is 11.1. The van der Waals surface area contributed by atoms with Crippen molar-refractivity contribution in [2.45, 2.75) is 39.8 Å². The molecular weight excluding hydrogens is 333 g/mol. The van der Waals surface area contributed by atoms with Crippen molar-refractivity contribution in [3.8, 4) is 5.75 Å². The van der Waals surface area contributed by atoms with Crippen LogP contribution in [0.3, 0.4) is 0 Å². The van der Waals surface area contributed by atoms with Crippen LogP contribution in [0.15, 0.2) is 12.1 Å². The van der Waals surface area contributed by atoms with E-state index in [1.807, 2.05) is 26.8 Å². The van der Waals surface area contributed by atoms with Crippen LogP contribution in [-0.2, 0) is 11.3 Å². The van der Waals surface area contributed by atoms with Crippen molar-refractivity contribution < 1.29 is 9.47 Å². The van der Waals surface area contributed by atoms with Gasteiger partial charge in [-0.2, -0.15) is 0 Å². The van der Waals surface area contributed by atoms with Gasteiger partial charge >= 0.3 is 0 Å². The van der Waals surface area contributed by atoms with Crippen LogP contribution >= 0.6 is 35.6 Å². The summed E-state index contributed by atoms with van der Waals surface area (Å²) in [5.41, 5.74) is 0.981. The second kappa shape index (κ2) is 11.4. The van der Waals surface area contributed by atoms with Gasteiger partial charge in [0.25, 0.3) is 0 Å². The van der Waals surface area contributed by atoms with Gasteiger partial charge in [0.1, 0.15) is 5.75 Å². The lowest BCUT2D eigenvalue weighted by Gasteiger charge is -2.13. The molecule has 0 unspecified atom stereocenters. The van der Waals surface area contributed by atoms with Gasteiger partial charge in [0.15, 0.2) is 0 Å². The van der Waals surface area contributed by atoms with Crippen molar-refractivity contribution in [3.63, 3.8) is 0 Å². The van der Waals surface area contributed by atoms with Gasteiger partial charge in [0.05, 0.1) is 17.7 Å². The number of hydrogen-bond donors (Lipinski definition) is 1. The Hall–Kier alpha value is -0.190. The van der Waals surface area contributed by atoms with Crippen molar-refractivity contribution in [1.82, 2.24) is 5.32 Å². The zero-order valence-corrected chi connectivity index (χ0v) is 15.1. The first-order valence-corrected chi connectivity index (χ1v) is 7.73. The summed E-state index contributed by atoms with van der Waals surface area (Å²) in [5.74, 6) is 0.712. The molecule has 3 nitrogen and oxygen atoms in total. The Morgan fingerprint density at radius 1 is 1.24 bits per heavy atom. The molecular formula is C15H24Cl3NO2. The molecule has 0 aliphatic carbocycles. The lowest BCUT2D eigenvalue weighted by atomic mass is 10.2. The molecule has 0 atom stereocenters. The number of nitrogens with one attached hydrogen (secondary N) is 1. The topological polar surface area (TPSA) is 30.5 Å². The predicted octanol–water partition coefficient (Wildman–Crippen LogP) is 4.72. The molecule has 0 saturated heterocycles.